The minimum absolute atomic E-state index is 0.437. The summed E-state index contributed by atoms with van der Waals surface area (Å²) in [7, 11) is 0. The Labute approximate surface area is 53.5 Å². The van der Waals surface area contributed by atoms with Crippen molar-refractivity contribution in [1.82, 2.24) is 0 Å². The predicted octanol–water partition coefficient (Wildman–Crippen LogP) is 2.17. The summed E-state index contributed by atoms with van der Waals surface area (Å²) in [6.45, 7) is 2.12. The van der Waals surface area contributed by atoms with Crippen LogP contribution in [-0.2, 0) is 15.3 Å². The average molecular weight is 152 g/mol. The van der Waals surface area contributed by atoms with Crippen LogP contribution in [-0.4, -0.2) is 4.35 Å². The van der Waals surface area contributed by atoms with Crippen LogP contribution in [0.1, 0.15) is 6.92 Å². The van der Waals surface area contributed by atoms with E-state index in [0.717, 1.165) is 0 Å². The van der Waals surface area contributed by atoms with Crippen LogP contribution in [0.2, 0.25) is 20.9 Å². The van der Waals surface area contributed by atoms with E-state index in [2.05, 4.69) is 27.8 Å². The molecule has 1 atom stereocenters. The van der Waals surface area contributed by atoms with Crippen molar-refractivity contribution >= 4 is 0 Å². The van der Waals surface area contributed by atoms with Crippen LogP contribution in [0, 0.1) is 0 Å². The Morgan fingerprint density at radius 1 is 1.12 bits per heavy atom. The minimum atomic E-state index is -2.01. The zero-order valence-electron chi connectivity index (χ0n) is 6.65. The third kappa shape index (κ3) is 2.86. The fraction of sp³-hybridized carbons (Fsp3) is 1.00. The first-order valence-electron chi connectivity index (χ1n) is 3.20. The van der Waals surface area contributed by atoms with E-state index < -0.39 is 15.3 Å². The summed E-state index contributed by atoms with van der Waals surface area (Å²) in [5.41, 5.74) is 5.79. The molecule has 0 rings (SSSR count). The van der Waals surface area contributed by atoms with Crippen molar-refractivity contribution in [3.05, 3.63) is 0 Å². The molecule has 0 saturated heterocycles. The van der Waals surface area contributed by atoms with E-state index in [1.807, 2.05) is 0 Å². The standard InChI is InChI=1S/C2H6N.4CH3.Ti/c1-2-3;;;;;/h2H,3H2,1H3;4*1H3;. The summed E-state index contributed by atoms with van der Waals surface area (Å²) >= 11 is -2.01. The molecule has 2 heteroatoms. The molecule has 0 aromatic rings. The van der Waals surface area contributed by atoms with E-state index in [1.165, 1.54) is 0 Å². The van der Waals surface area contributed by atoms with Crippen LogP contribution in [0.3, 0.4) is 0 Å². The first-order chi connectivity index (χ1) is 3.20. The molecule has 0 saturated carbocycles. The average Bonchev–Trinajstić information content (AvgIpc) is 1.27. The summed E-state index contributed by atoms with van der Waals surface area (Å²) in [5.74, 6) is 0. The summed E-state index contributed by atoms with van der Waals surface area (Å²) in [4.78, 5) is 0. The summed E-state index contributed by atoms with van der Waals surface area (Å²) in [5, 5.41) is 9.40. The van der Waals surface area contributed by atoms with Gasteiger partial charge in [0, 0.05) is 0 Å². The zero-order chi connectivity index (χ0) is 7.02. The molecule has 0 bridgehead atoms. The van der Waals surface area contributed by atoms with E-state index in [0.29, 0.717) is 4.35 Å². The number of nitrogens with two attached hydrogens (primary N) is 1. The summed E-state index contributed by atoms with van der Waals surface area (Å²) in [6.07, 6.45) is 0. The predicted molar refractivity (Wildman–Crippen MR) is 37.1 cm³/mol. The number of hydrogen-bond donors (Lipinski definition) is 1. The Balaban J connectivity index is 4.14. The van der Waals surface area contributed by atoms with Crippen LogP contribution in [0.15, 0.2) is 0 Å². The van der Waals surface area contributed by atoms with E-state index in [9.17, 15) is 0 Å². The zero-order valence-corrected chi connectivity index (χ0v) is 8.22. The Morgan fingerprint density at radius 2 is 1.25 bits per heavy atom. The Bertz CT molecular complexity index is 79.2. The SMILES string of the molecule is C[CH](N)[Ti]([CH3])([CH3])([CH3])[CH3]. The third-order valence-corrected chi connectivity index (χ3v) is 7.51. The quantitative estimate of drug-likeness (QED) is 0.572. The number of rotatable bonds is 1. The maximum atomic E-state index is 5.79. The molecule has 1 unspecified atom stereocenters. The van der Waals surface area contributed by atoms with Crippen molar-refractivity contribution in [1.29, 1.82) is 0 Å². The van der Waals surface area contributed by atoms with E-state index >= 15 is 0 Å². The van der Waals surface area contributed by atoms with Gasteiger partial charge in [-0.25, -0.2) is 0 Å². The molecule has 1 nitrogen and oxygen atoms in total. The normalized spacial score (nSPS) is 21.5. The second-order valence-corrected chi connectivity index (χ2v) is 19.3. The van der Waals surface area contributed by atoms with Gasteiger partial charge in [0.15, 0.2) is 0 Å². The second kappa shape index (κ2) is 1.83. The molecule has 8 heavy (non-hydrogen) atoms. The second-order valence-electron chi connectivity index (χ2n) is 4.94. The van der Waals surface area contributed by atoms with Gasteiger partial charge in [-0.05, 0) is 0 Å². The summed E-state index contributed by atoms with van der Waals surface area (Å²) < 4.78 is 0.437. The molecule has 2 N–H and O–H groups in total. The molecule has 0 aliphatic carbocycles. The molecule has 0 amide bonds. The van der Waals surface area contributed by atoms with Crippen LogP contribution in [0.4, 0.5) is 0 Å². The summed E-state index contributed by atoms with van der Waals surface area (Å²) in [6, 6.07) is 0. The molecule has 0 fully saturated rings. The van der Waals surface area contributed by atoms with Gasteiger partial charge >= 0.3 is 53.2 Å². The van der Waals surface area contributed by atoms with Crippen LogP contribution < -0.4 is 5.73 Å². The van der Waals surface area contributed by atoms with Crippen LogP contribution >= 0.6 is 0 Å². The topological polar surface area (TPSA) is 26.0 Å². The molecule has 0 spiro atoms. The third-order valence-electron chi connectivity index (χ3n) is 1.82. The van der Waals surface area contributed by atoms with Gasteiger partial charge in [-0.1, -0.05) is 0 Å². The van der Waals surface area contributed by atoms with Gasteiger partial charge in [0.1, 0.15) is 0 Å². The van der Waals surface area contributed by atoms with E-state index in [-0.39, 0.29) is 0 Å². The van der Waals surface area contributed by atoms with Crippen molar-refractivity contribution in [2.45, 2.75) is 32.2 Å². The van der Waals surface area contributed by atoms with Gasteiger partial charge in [-0.3, -0.25) is 0 Å². The molecule has 0 aromatic heterocycles. The van der Waals surface area contributed by atoms with E-state index in [1.54, 1.807) is 0 Å². The number of hydrogen-bond acceptors (Lipinski definition) is 1. The Morgan fingerprint density at radius 3 is 1.25 bits per heavy atom. The Kier molecular flexibility index (Phi) is 1.98. The van der Waals surface area contributed by atoms with Gasteiger partial charge in [0.05, 0.1) is 0 Å². The molecule has 0 heterocycles. The molecular formula is C6H18NTi. The van der Waals surface area contributed by atoms with Gasteiger partial charge in [0.2, 0.25) is 0 Å². The molecular weight excluding hydrogens is 134 g/mol. The van der Waals surface area contributed by atoms with Gasteiger partial charge in [-0.15, -0.1) is 0 Å². The van der Waals surface area contributed by atoms with E-state index in [4.69, 9.17) is 5.73 Å². The van der Waals surface area contributed by atoms with Crippen molar-refractivity contribution in [3.63, 3.8) is 0 Å². The monoisotopic (exact) mass is 152 g/mol. The first kappa shape index (κ1) is 8.67. The van der Waals surface area contributed by atoms with Crippen LogP contribution in [0.25, 0.3) is 0 Å². The molecule has 51 valence electrons. The van der Waals surface area contributed by atoms with Crippen molar-refractivity contribution in [3.8, 4) is 0 Å². The fourth-order valence-electron chi connectivity index (χ4n) is 0. The van der Waals surface area contributed by atoms with Gasteiger partial charge < -0.3 is 0 Å². The van der Waals surface area contributed by atoms with Gasteiger partial charge in [-0.2, -0.15) is 0 Å². The molecule has 0 aliphatic heterocycles. The van der Waals surface area contributed by atoms with Crippen molar-refractivity contribution in [2.24, 2.45) is 5.73 Å². The van der Waals surface area contributed by atoms with Crippen molar-refractivity contribution in [2.75, 3.05) is 0 Å². The van der Waals surface area contributed by atoms with Crippen LogP contribution in [0.5, 0.6) is 0 Å². The maximum absolute atomic E-state index is 5.79. The molecule has 0 radical (unpaired) electrons. The molecule has 0 aliphatic rings. The molecule has 0 aromatic carbocycles. The van der Waals surface area contributed by atoms with Gasteiger partial charge in [0.25, 0.3) is 0 Å². The first-order valence-corrected chi connectivity index (χ1v) is 10.3. The Hall–Kier alpha value is 0.674. The van der Waals surface area contributed by atoms with Crippen molar-refractivity contribution < 1.29 is 15.3 Å². The fourth-order valence-corrected chi connectivity index (χ4v) is 0.